The van der Waals surface area contributed by atoms with Crippen molar-refractivity contribution in [1.82, 2.24) is 35.0 Å². The molecule has 0 aliphatic carbocycles. The fourth-order valence-electron chi connectivity index (χ4n) is 9.33. The van der Waals surface area contributed by atoms with Gasteiger partial charge in [-0.2, -0.15) is 0 Å². The molecule has 1 aliphatic rings. The van der Waals surface area contributed by atoms with Crippen molar-refractivity contribution in [1.29, 1.82) is 0 Å². The molecule has 0 aromatic heterocycles. The van der Waals surface area contributed by atoms with E-state index in [0.717, 1.165) is 16.7 Å². The number of nitrogens with zero attached hydrogens (tertiary/aromatic N) is 1. The largest absolute Gasteiger partial charge is 0.393 e. The van der Waals surface area contributed by atoms with E-state index in [2.05, 4.69) is 35.0 Å². The molecule has 2 atom stereocenters. The van der Waals surface area contributed by atoms with Crippen LogP contribution in [-0.4, -0.2) is 191 Å². The lowest BCUT2D eigenvalue weighted by molar-refractivity contribution is -0.124. The molecular formula is C58H83Cl2N7O16S3. The summed E-state index contributed by atoms with van der Waals surface area (Å²) in [6.45, 7) is 5.62. The molecule has 86 heavy (non-hydrogen) atoms. The van der Waals surface area contributed by atoms with Crippen LogP contribution in [0.15, 0.2) is 112 Å². The second kappa shape index (κ2) is 38.0. The van der Waals surface area contributed by atoms with Gasteiger partial charge in [-0.1, -0.05) is 71.7 Å². The number of rotatable bonds is 44. The molecule has 7 N–H and O–H groups in total. The van der Waals surface area contributed by atoms with Gasteiger partial charge in [0.25, 0.3) is 0 Å². The summed E-state index contributed by atoms with van der Waals surface area (Å²) in [7, 11) is -9.16. The van der Waals surface area contributed by atoms with Gasteiger partial charge in [-0.25, -0.2) is 39.4 Å². The molecule has 23 nitrogen and oxygen atoms in total. The molecule has 4 aromatic rings. The molecule has 1 unspecified atom stereocenters. The zero-order chi connectivity index (χ0) is 62.3. The van der Waals surface area contributed by atoms with Crippen LogP contribution in [0.4, 0.5) is 0 Å². The van der Waals surface area contributed by atoms with Gasteiger partial charge in [0.1, 0.15) is 0 Å². The quantitative estimate of drug-likeness (QED) is 0.0308. The first-order valence-electron chi connectivity index (χ1n) is 28.5. The lowest BCUT2D eigenvalue weighted by Crippen LogP contribution is -2.39. The number of carbonyl (C=O) groups is 3. The highest BCUT2D eigenvalue weighted by Crippen LogP contribution is 2.40. The number of nitrogens with one attached hydrogen (secondary N) is 6. The number of likely N-dealkylation sites (N-methyl/N-ethyl adjacent to an activating group) is 1. The molecule has 0 fully saturated rings. The predicted octanol–water partition coefficient (Wildman–Crippen LogP) is 3.96. The summed E-state index contributed by atoms with van der Waals surface area (Å²) in [5.74, 6) is -1.09. The molecule has 0 saturated carbocycles. The van der Waals surface area contributed by atoms with Gasteiger partial charge < -0.3 is 54.4 Å². The van der Waals surface area contributed by atoms with E-state index < -0.39 is 41.6 Å². The first-order chi connectivity index (χ1) is 41.2. The zero-order valence-corrected chi connectivity index (χ0v) is 52.7. The Morgan fingerprint density at radius 3 is 1.30 bits per heavy atom. The Kier molecular flexibility index (Phi) is 31.8. The average molecular weight is 1300 g/mol. The summed E-state index contributed by atoms with van der Waals surface area (Å²) >= 11 is 12.9. The van der Waals surface area contributed by atoms with E-state index in [1.807, 2.05) is 19.2 Å². The Morgan fingerprint density at radius 2 is 0.907 bits per heavy atom. The average Bonchev–Trinajstić information content (AvgIpc) is 1.94. The van der Waals surface area contributed by atoms with E-state index in [4.69, 9.17) is 51.6 Å². The first-order valence-corrected chi connectivity index (χ1v) is 33.7. The van der Waals surface area contributed by atoms with Crippen LogP contribution in [-0.2, 0) is 79.4 Å². The Hall–Kier alpha value is -4.72. The van der Waals surface area contributed by atoms with Crippen LogP contribution >= 0.6 is 23.2 Å². The second-order valence-electron chi connectivity index (χ2n) is 20.4. The van der Waals surface area contributed by atoms with E-state index in [9.17, 15) is 44.7 Å². The minimum Gasteiger partial charge on any atom is -0.393 e. The molecule has 4 aromatic carbocycles. The fraction of sp³-hybridized carbons (Fsp3) is 0.534. The standard InChI is InChI=1S/C58H83Cl2N7O16S3/c1-45(68)58(19-16-55(69)61-22-28-78-34-37-81-31-25-64-84(72,73)48-11-5-3-6-12-48,20-17-56(70)62-23-29-79-35-38-82-32-26-65-85(74,75)49-13-7-4-8-14-49)21-18-57(71)63-24-30-80-36-39-83-33-27-66-86(76,77)50-15-9-10-46(40-50)52-43-67(2)44-53-51(52)41-47(59)42-54(53)60/h3-15,40-42,45,52,64-66,68H,16-39,43-44H2,1-2H3,(H,61,69)(H,62,70)(H,63,71)/t45?,52-/m0/s1. The number of ether oxygens (including phenoxy) is 6. The Bertz CT molecular complexity index is 2940. The van der Waals surface area contributed by atoms with Gasteiger partial charge in [0, 0.05) is 87.6 Å². The molecule has 0 saturated heterocycles. The molecule has 5 rings (SSSR count). The number of hydrogen-bond acceptors (Lipinski definition) is 17. The number of amides is 3. The number of carbonyl (C=O) groups excluding carboxylic acids is 3. The SMILES string of the molecule is CC(O)C(CCC(=O)NCCOCCOCCNS(=O)(=O)c1ccccc1)(CCC(=O)NCCOCCOCCNS(=O)(=O)c1ccccc1)CCC(=O)NCCOCCOCCNS(=O)(=O)c1cccc([C@@H]2CN(C)Cc3c(Cl)cc(Cl)cc32)c1. The number of aliphatic hydroxyl groups excluding tert-OH is 1. The van der Waals surface area contributed by atoms with Crippen LogP contribution in [0, 0.1) is 5.41 Å². The number of fused-ring (bicyclic) bond motifs is 1. The van der Waals surface area contributed by atoms with E-state index in [0.29, 0.717) is 23.1 Å². The van der Waals surface area contributed by atoms with Crippen LogP contribution in [0.25, 0.3) is 0 Å². The number of sulfonamides is 3. The lowest BCUT2D eigenvalue weighted by Gasteiger charge is -2.37. The number of aliphatic hydroxyl groups is 1. The minimum atomic E-state index is -3.86. The van der Waals surface area contributed by atoms with Crippen LogP contribution in [0.5, 0.6) is 0 Å². The third kappa shape index (κ3) is 25.8. The molecule has 0 bridgehead atoms. The minimum absolute atomic E-state index is 0.0122. The summed E-state index contributed by atoms with van der Waals surface area (Å²) < 4.78 is 117. The first kappa shape index (κ1) is 72.0. The van der Waals surface area contributed by atoms with E-state index in [1.165, 1.54) is 24.3 Å². The van der Waals surface area contributed by atoms with Gasteiger partial charge in [-0.15, -0.1) is 0 Å². The summed E-state index contributed by atoms with van der Waals surface area (Å²) in [6, 6.07) is 26.4. The highest BCUT2D eigenvalue weighted by atomic mass is 35.5. The van der Waals surface area contributed by atoms with Crippen molar-refractivity contribution in [3.8, 4) is 0 Å². The molecule has 3 amide bonds. The van der Waals surface area contributed by atoms with E-state index in [-0.39, 0.29) is 195 Å². The molecule has 28 heteroatoms. The summed E-state index contributed by atoms with van der Waals surface area (Å²) in [6.07, 6.45) is -0.572. The third-order valence-electron chi connectivity index (χ3n) is 14.0. The molecule has 1 aliphatic heterocycles. The number of benzene rings is 4. The van der Waals surface area contributed by atoms with Crippen molar-refractivity contribution in [2.75, 3.05) is 132 Å². The summed E-state index contributed by atoms with van der Waals surface area (Å²) in [5.41, 5.74) is 1.75. The Balaban J connectivity index is 0.981. The summed E-state index contributed by atoms with van der Waals surface area (Å²) in [5, 5.41) is 20.7. The van der Waals surface area contributed by atoms with Crippen molar-refractivity contribution in [3.05, 3.63) is 124 Å². The van der Waals surface area contributed by atoms with Crippen molar-refractivity contribution >= 4 is 71.0 Å². The second-order valence-corrected chi connectivity index (χ2v) is 26.5. The lowest BCUT2D eigenvalue weighted by atomic mass is 9.71. The zero-order valence-electron chi connectivity index (χ0n) is 48.8. The third-order valence-corrected chi connectivity index (χ3v) is 19.0. The predicted molar refractivity (Wildman–Crippen MR) is 325 cm³/mol. The molecule has 0 spiro atoms. The maximum absolute atomic E-state index is 13.3. The monoisotopic (exact) mass is 1300 g/mol. The van der Waals surface area contributed by atoms with Gasteiger partial charge in [0.2, 0.25) is 47.8 Å². The van der Waals surface area contributed by atoms with Crippen molar-refractivity contribution in [2.45, 2.75) is 78.7 Å². The van der Waals surface area contributed by atoms with Crippen molar-refractivity contribution < 1.29 is 73.2 Å². The highest BCUT2D eigenvalue weighted by Gasteiger charge is 2.37. The van der Waals surface area contributed by atoms with Gasteiger partial charge in [0.05, 0.1) is 100 Å². The van der Waals surface area contributed by atoms with E-state index in [1.54, 1.807) is 67.6 Å². The number of halogens is 2. The van der Waals surface area contributed by atoms with Crippen molar-refractivity contribution in [3.63, 3.8) is 0 Å². The normalized spacial score (nSPS) is 14.4. The molecular weight excluding hydrogens is 1220 g/mol. The molecule has 478 valence electrons. The Morgan fingerprint density at radius 1 is 0.535 bits per heavy atom. The topological polar surface area (TPSA) is 305 Å². The number of hydrogen-bond donors (Lipinski definition) is 7. The van der Waals surface area contributed by atoms with Gasteiger partial charge >= 0.3 is 0 Å². The van der Waals surface area contributed by atoms with Gasteiger partial charge in [-0.3, -0.25) is 14.4 Å². The van der Waals surface area contributed by atoms with Crippen LogP contribution in [0.1, 0.15) is 68.1 Å². The smallest absolute Gasteiger partial charge is 0.240 e. The van der Waals surface area contributed by atoms with Crippen LogP contribution in [0.2, 0.25) is 10.0 Å². The van der Waals surface area contributed by atoms with Gasteiger partial charge in [0.15, 0.2) is 0 Å². The van der Waals surface area contributed by atoms with Crippen LogP contribution < -0.4 is 30.1 Å². The summed E-state index contributed by atoms with van der Waals surface area (Å²) in [4.78, 5) is 41.9. The molecule has 0 radical (unpaired) electrons. The van der Waals surface area contributed by atoms with Crippen molar-refractivity contribution in [2.24, 2.45) is 5.41 Å². The maximum atomic E-state index is 13.3. The highest BCUT2D eigenvalue weighted by molar-refractivity contribution is 7.90. The Labute approximate surface area is 516 Å². The fourth-order valence-corrected chi connectivity index (χ4v) is 13.0. The van der Waals surface area contributed by atoms with E-state index >= 15 is 0 Å². The van der Waals surface area contributed by atoms with Crippen LogP contribution in [0.3, 0.4) is 0 Å². The van der Waals surface area contributed by atoms with Gasteiger partial charge in [-0.05, 0) is 104 Å². The maximum Gasteiger partial charge on any atom is 0.240 e. The molecule has 1 heterocycles.